The molecular weight excluding hydrogens is 224 g/mol. The summed E-state index contributed by atoms with van der Waals surface area (Å²) in [6.07, 6.45) is 2.34. The molecule has 1 aromatic rings. The average molecular weight is 244 g/mol. The van der Waals surface area contributed by atoms with E-state index in [4.69, 9.17) is 0 Å². The molecule has 1 aliphatic heterocycles. The Hall–Kier alpha value is -1.35. The number of rotatable bonds is 4. The van der Waals surface area contributed by atoms with Crippen LogP contribution in [0, 0.1) is 5.92 Å². The third kappa shape index (κ3) is 2.41. The molecule has 2 aliphatic rings. The van der Waals surface area contributed by atoms with E-state index in [1.54, 1.807) is 0 Å². The van der Waals surface area contributed by atoms with Crippen molar-refractivity contribution in [2.45, 2.75) is 31.8 Å². The van der Waals surface area contributed by atoms with Crippen molar-refractivity contribution in [3.8, 4) is 0 Å². The number of hydrogen-bond donors (Lipinski definition) is 1. The fourth-order valence-electron chi connectivity index (χ4n) is 2.48. The van der Waals surface area contributed by atoms with Gasteiger partial charge in [0.05, 0.1) is 5.92 Å². The number of carbonyl (C=O) groups excluding carboxylic acids is 1. The Balaban J connectivity index is 1.50. The minimum Gasteiger partial charge on any atom is -0.353 e. The van der Waals surface area contributed by atoms with E-state index in [1.807, 2.05) is 6.07 Å². The molecule has 3 heteroatoms. The van der Waals surface area contributed by atoms with Gasteiger partial charge in [0, 0.05) is 25.2 Å². The minimum atomic E-state index is 0.205. The summed E-state index contributed by atoms with van der Waals surface area (Å²) in [5.74, 6) is 0.464. The second-order valence-corrected chi connectivity index (χ2v) is 5.52. The van der Waals surface area contributed by atoms with E-state index in [0.717, 1.165) is 13.1 Å². The molecule has 0 aromatic heterocycles. The third-order valence-electron chi connectivity index (χ3n) is 4.03. The van der Waals surface area contributed by atoms with Crippen LogP contribution in [0.1, 0.15) is 31.4 Å². The van der Waals surface area contributed by atoms with Gasteiger partial charge < -0.3 is 5.32 Å². The zero-order valence-electron chi connectivity index (χ0n) is 10.8. The van der Waals surface area contributed by atoms with Crippen LogP contribution in [-0.4, -0.2) is 29.9 Å². The third-order valence-corrected chi connectivity index (χ3v) is 4.03. The Kier molecular flexibility index (Phi) is 3.08. The van der Waals surface area contributed by atoms with Crippen molar-refractivity contribution in [3.05, 3.63) is 35.9 Å². The molecule has 3 rings (SSSR count). The second kappa shape index (κ2) is 4.73. The maximum Gasteiger partial charge on any atom is 0.225 e. The summed E-state index contributed by atoms with van der Waals surface area (Å²) in [7, 11) is 0. The van der Waals surface area contributed by atoms with Crippen molar-refractivity contribution in [1.82, 2.24) is 10.2 Å². The normalized spacial score (nSPS) is 22.3. The summed E-state index contributed by atoms with van der Waals surface area (Å²) < 4.78 is 0. The molecule has 1 aliphatic carbocycles. The van der Waals surface area contributed by atoms with Crippen LogP contribution in [0.2, 0.25) is 0 Å². The SMILES string of the molecule is CC(c1ccccc1)N1CC(C(=O)NC2CC2)C1. The predicted molar refractivity (Wildman–Crippen MR) is 71.1 cm³/mol. The monoisotopic (exact) mass is 244 g/mol. The molecule has 2 fully saturated rings. The van der Waals surface area contributed by atoms with Crippen LogP contribution < -0.4 is 5.32 Å². The summed E-state index contributed by atoms with van der Waals surface area (Å²) in [4.78, 5) is 14.2. The molecule has 0 radical (unpaired) electrons. The van der Waals surface area contributed by atoms with Crippen molar-refractivity contribution in [1.29, 1.82) is 0 Å². The zero-order chi connectivity index (χ0) is 12.5. The van der Waals surface area contributed by atoms with Gasteiger partial charge in [0.25, 0.3) is 0 Å². The zero-order valence-corrected chi connectivity index (χ0v) is 10.8. The Morgan fingerprint density at radius 3 is 2.56 bits per heavy atom. The number of likely N-dealkylation sites (tertiary alicyclic amines) is 1. The Morgan fingerprint density at radius 2 is 1.94 bits per heavy atom. The lowest BCUT2D eigenvalue weighted by Gasteiger charge is -2.42. The van der Waals surface area contributed by atoms with Crippen molar-refractivity contribution in [2.75, 3.05) is 13.1 Å². The van der Waals surface area contributed by atoms with Crippen molar-refractivity contribution in [3.63, 3.8) is 0 Å². The van der Waals surface area contributed by atoms with E-state index < -0.39 is 0 Å². The lowest BCUT2D eigenvalue weighted by atomic mass is 9.94. The molecule has 1 heterocycles. The van der Waals surface area contributed by atoms with Crippen LogP contribution in [0.25, 0.3) is 0 Å². The van der Waals surface area contributed by atoms with Gasteiger partial charge in [-0.3, -0.25) is 9.69 Å². The van der Waals surface area contributed by atoms with Crippen LogP contribution in [0.15, 0.2) is 30.3 Å². The molecule has 96 valence electrons. The smallest absolute Gasteiger partial charge is 0.225 e. The van der Waals surface area contributed by atoms with Gasteiger partial charge in [-0.05, 0) is 25.3 Å². The fourth-order valence-corrected chi connectivity index (χ4v) is 2.48. The second-order valence-electron chi connectivity index (χ2n) is 5.52. The lowest BCUT2D eigenvalue weighted by Crippen LogP contribution is -2.54. The Bertz CT molecular complexity index is 421. The quantitative estimate of drug-likeness (QED) is 0.878. The molecule has 3 nitrogen and oxygen atoms in total. The molecule has 0 bridgehead atoms. The predicted octanol–water partition coefficient (Wildman–Crippen LogP) is 1.96. The molecule has 1 amide bonds. The molecule has 1 unspecified atom stereocenters. The topological polar surface area (TPSA) is 32.3 Å². The molecule has 1 saturated carbocycles. The largest absolute Gasteiger partial charge is 0.353 e. The van der Waals surface area contributed by atoms with Crippen LogP contribution in [0.4, 0.5) is 0 Å². The van der Waals surface area contributed by atoms with Crippen LogP contribution in [0.3, 0.4) is 0 Å². The van der Waals surface area contributed by atoms with Crippen molar-refractivity contribution >= 4 is 5.91 Å². The molecule has 1 aromatic carbocycles. The molecular formula is C15H20N2O. The van der Waals surface area contributed by atoms with Gasteiger partial charge >= 0.3 is 0 Å². The molecule has 1 atom stereocenters. The van der Waals surface area contributed by atoms with E-state index >= 15 is 0 Å². The maximum atomic E-state index is 11.8. The lowest BCUT2D eigenvalue weighted by molar-refractivity contribution is -0.131. The Morgan fingerprint density at radius 1 is 1.28 bits per heavy atom. The number of benzene rings is 1. The van der Waals surface area contributed by atoms with E-state index in [9.17, 15) is 4.79 Å². The fraction of sp³-hybridized carbons (Fsp3) is 0.533. The highest BCUT2D eigenvalue weighted by molar-refractivity contribution is 5.80. The summed E-state index contributed by atoms with van der Waals surface area (Å²) >= 11 is 0. The van der Waals surface area contributed by atoms with Crippen molar-refractivity contribution in [2.24, 2.45) is 5.92 Å². The van der Waals surface area contributed by atoms with Gasteiger partial charge in [-0.1, -0.05) is 30.3 Å². The average Bonchev–Trinajstić information content (AvgIpc) is 3.12. The maximum absolute atomic E-state index is 11.8. The standard InChI is InChI=1S/C15H20N2O/c1-11(12-5-3-2-4-6-12)17-9-13(10-17)15(18)16-14-7-8-14/h2-6,11,13-14H,7-10H2,1H3,(H,16,18). The number of hydrogen-bond acceptors (Lipinski definition) is 2. The van der Waals surface area contributed by atoms with Gasteiger partial charge in [-0.15, -0.1) is 0 Å². The molecule has 1 N–H and O–H groups in total. The number of amides is 1. The first-order valence-corrected chi connectivity index (χ1v) is 6.83. The van der Waals surface area contributed by atoms with Gasteiger partial charge in [-0.25, -0.2) is 0 Å². The highest BCUT2D eigenvalue weighted by Crippen LogP contribution is 2.29. The summed E-state index contributed by atoms with van der Waals surface area (Å²) in [6, 6.07) is 11.4. The highest BCUT2D eigenvalue weighted by Gasteiger charge is 2.37. The van der Waals surface area contributed by atoms with Gasteiger partial charge in [0.2, 0.25) is 5.91 Å². The Labute approximate surface area is 108 Å². The minimum absolute atomic E-state index is 0.205. The van der Waals surface area contributed by atoms with E-state index in [-0.39, 0.29) is 11.8 Å². The number of carbonyl (C=O) groups is 1. The molecule has 0 spiro atoms. The number of nitrogens with zero attached hydrogens (tertiary/aromatic N) is 1. The van der Waals surface area contributed by atoms with Gasteiger partial charge in [0.1, 0.15) is 0 Å². The van der Waals surface area contributed by atoms with E-state index in [2.05, 4.69) is 41.4 Å². The van der Waals surface area contributed by atoms with Crippen LogP contribution in [-0.2, 0) is 4.79 Å². The van der Waals surface area contributed by atoms with Gasteiger partial charge in [-0.2, -0.15) is 0 Å². The highest BCUT2D eigenvalue weighted by atomic mass is 16.2. The number of nitrogens with one attached hydrogen (secondary N) is 1. The summed E-state index contributed by atoms with van der Waals surface area (Å²) in [6.45, 7) is 4.01. The molecule has 18 heavy (non-hydrogen) atoms. The van der Waals surface area contributed by atoms with Gasteiger partial charge in [0.15, 0.2) is 0 Å². The first-order chi connectivity index (χ1) is 8.74. The van der Waals surface area contributed by atoms with Crippen LogP contribution in [0.5, 0.6) is 0 Å². The van der Waals surface area contributed by atoms with E-state index in [0.29, 0.717) is 12.1 Å². The molecule has 1 saturated heterocycles. The van der Waals surface area contributed by atoms with E-state index in [1.165, 1.54) is 18.4 Å². The summed E-state index contributed by atoms with van der Waals surface area (Å²) in [5, 5.41) is 3.09. The summed E-state index contributed by atoms with van der Waals surface area (Å²) in [5.41, 5.74) is 1.33. The first-order valence-electron chi connectivity index (χ1n) is 6.83. The van der Waals surface area contributed by atoms with Crippen LogP contribution >= 0.6 is 0 Å². The van der Waals surface area contributed by atoms with Crippen molar-refractivity contribution < 1.29 is 4.79 Å². The first kappa shape index (κ1) is 11.7.